The maximum atomic E-state index is 5.64. The van der Waals surface area contributed by atoms with Gasteiger partial charge in [0.25, 0.3) is 0 Å². The van der Waals surface area contributed by atoms with E-state index in [0.29, 0.717) is 6.54 Å². The molecule has 0 bridgehead atoms. The highest BCUT2D eigenvalue weighted by Crippen LogP contribution is 2.20. The Labute approximate surface area is 111 Å². The molecule has 0 fully saturated rings. The van der Waals surface area contributed by atoms with Gasteiger partial charge in [-0.25, -0.2) is 9.97 Å². The SMILES string of the molecule is Cc1cccc(-c2cc3nc(CN)cn3c(C)n2)c1. The van der Waals surface area contributed by atoms with Crippen LogP contribution in [0.25, 0.3) is 16.9 Å². The van der Waals surface area contributed by atoms with E-state index in [-0.39, 0.29) is 0 Å². The first-order valence-electron chi connectivity index (χ1n) is 6.30. The lowest BCUT2D eigenvalue weighted by molar-refractivity contribution is 0.981. The molecule has 0 amide bonds. The van der Waals surface area contributed by atoms with E-state index in [0.717, 1.165) is 28.4 Å². The Morgan fingerprint density at radius 1 is 1.16 bits per heavy atom. The first-order valence-corrected chi connectivity index (χ1v) is 6.30. The monoisotopic (exact) mass is 252 g/mol. The zero-order valence-electron chi connectivity index (χ0n) is 11.1. The maximum absolute atomic E-state index is 5.64. The smallest absolute Gasteiger partial charge is 0.140 e. The standard InChI is InChI=1S/C15H16N4/c1-10-4-3-5-12(6-10)14-7-15-18-13(8-16)9-19(15)11(2)17-14/h3-7,9H,8,16H2,1-2H3. The number of hydrogen-bond acceptors (Lipinski definition) is 3. The normalized spacial score (nSPS) is 11.1. The highest BCUT2D eigenvalue weighted by molar-refractivity contribution is 5.64. The number of aromatic nitrogens is 3. The van der Waals surface area contributed by atoms with Crippen molar-refractivity contribution in [2.24, 2.45) is 5.73 Å². The molecule has 96 valence electrons. The van der Waals surface area contributed by atoms with Gasteiger partial charge >= 0.3 is 0 Å². The van der Waals surface area contributed by atoms with Crippen LogP contribution in [0.4, 0.5) is 0 Å². The van der Waals surface area contributed by atoms with Gasteiger partial charge in [-0.05, 0) is 19.9 Å². The van der Waals surface area contributed by atoms with Crippen molar-refractivity contribution >= 4 is 5.65 Å². The van der Waals surface area contributed by atoms with Crippen LogP contribution in [0, 0.1) is 13.8 Å². The van der Waals surface area contributed by atoms with Gasteiger partial charge in [-0.3, -0.25) is 4.40 Å². The van der Waals surface area contributed by atoms with Crippen LogP contribution in [-0.4, -0.2) is 14.4 Å². The lowest BCUT2D eigenvalue weighted by atomic mass is 10.1. The third-order valence-electron chi connectivity index (χ3n) is 3.20. The summed E-state index contributed by atoms with van der Waals surface area (Å²) in [6.45, 7) is 4.51. The van der Waals surface area contributed by atoms with E-state index in [1.807, 2.05) is 29.7 Å². The molecule has 4 nitrogen and oxygen atoms in total. The molecule has 19 heavy (non-hydrogen) atoms. The summed E-state index contributed by atoms with van der Waals surface area (Å²) >= 11 is 0. The van der Waals surface area contributed by atoms with Crippen molar-refractivity contribution in [1.29, 1.82) is 0 Å². The van der Waals surface area contributed by atoms with Crippen molar-refractivity contribution in [3.8, 4) is 11.3 Å². The number of benzene rings is 1. The number of hydrogen-bond donors (Lipinski definition) is 1. The molecule has 3 aromatic rings. The number of fused-ring (bicyclic) bond motifs is 1. The lowest BCUT2D eigenvalue weighted by Gasteiger charge is -2.05. The molecule has 4 heteroatoms. The van der Waals surface area contributed by atoms with Gasteiger partial charge in [0.2, 0.25) is 0 Å². The van der Waals surface area contributed by atoms with Crippen molar-refractivity contribution in [2.45, 2.75) is 20.4 Å². The summed E-state index contributed by atoms with van der Waals surface area (Å²) < 4.78 is 1.97. The molecule has 2 heterocycles. The van der Waals surface area contributed by atoms with Crippen LogP contribution in [0.1, 0.15) is 17.1 Å². The molecule has 2 aromatic heterocycles. The highest BCUT2D eigenvalue weighted by Gasteiger charge is 2.07. The molecular weight excluding hydrogens is 236 g/mol. The Hall–Kier alpha value is -2.20. The van der Waals surface area contributed by atoms with Crippen LogP contribution >= 0.6 is 0 Å². The second-order valence-corrected chi connectivity index (χ2v) is 4.72. The number of imidazole rings is 1. The van der Waals surface area contributed by atoms with Gasteiger partial charge in [0.05, 0.1) is 11.4 Å². The molecule has 0 aliphatic rings. The van der Waals surface area contributed by atoms with Crippen LogP contribution in [0.3, 0.4) is 0 Å². The molecule has 0 saturated heterocycles. The number of aryl methyl sites for hydroxylation is 2. The summed E-state index contributed by atoms with van der Waals surface area (Å²) in [7, 11) is 0. The second-order valence-electron chi connectivity index (χ2n) is 4.72. The van der Waals surface area contributed by atoms with Gasteiger partial charge < -0.3 is 5.73 Å². The van der Waals surface area contributed by atoms with Crippen molar-refractivity contribution in [3.63, 3.8) is 0 Å². The molecule has 0 atom stereocenters. The maximum Gasteiger partial charge on any atom is 0.140 e. The average Bonchev–Trinajstić information content (AvgIpc) is 2.82. The highest BCUT2D eigenvalue weighted by atomic mass is 15.1. The minimum atomic E-state index is 0.445. The van der Waals surface area contributed by atoms with E-state index < -0.39 is 0 Å². The van der Waals surface area contributed by atoms with E-state index >= 15 is 0 Å². The van der Waals surface area contributed by atoms with E-state index in [1.165, 1.54) is 5.56 Å². The molecule has 2 N–H and O–H groups in total. The quantitative estimate of drug-likeness (QED) is 0.762. The van der Waals surface area contributed by atoms with Crippen molar-refractivity contribution in [1.82, 2.24) is 14.4 Å². The van der Waals surface area contributed by atoms with E-state index in [4.69, 9.17) is 5.73 Å². The fourth-order valence-corrected chi connectivity index (χ4v) is 2.24. The molecule has 3 rings (SSSR count). The fraction of sp³-hybridized carbons (Fsp3) is 0.200. The first-order chi connectivity index (χ1) is 9.17. The molecule has 0 radical (unpaired) electrons. The van der Waals surface area contributed by atoms with Gasteiger partial charge in [-0.1, -0.05) is 23.8 Å². The minimum Gasteiger partial charge on any atom is -0.325 e. The Morgan fingerprint density at radius 3 is 2.74 bits per heavy atom. The zero-order chi connectivity index (χ0) is 13.4. The first kappa shape index (κ1) is 11.9. The summed E-state index contributed by atoms with van der Waals surface area (Å²) in [5.74, 6) is 0.918. The van der Waals surface area contributed by atoms with Gasteiger partial charge in [-0.2, -0.15) is 0 Å². The van der Waals surface area contributed by atoms with Crippen LogP contribution < -0.4 is 5.73 Å². The third kappa shape index (κ3) is 2.11. The lowest BCUT2D eigenvalue weighted by Crippen LogP contribution is -1.96. The summed E-state index contributed by atoms with van der Waals surface area (Å²) in [6, 6.07) is 10.3. The molecule has 0 aliphatic heterocycles. The van der Waals surface area contributed by atoms with E-state index in [2.05, 4.69) is 35.1 Å². The minimum absolute atomic E-state index is 0.445. The Balaban J connectivity index is 2.20. The van der Waals surface area contributed by atoms with Crippen LogP contribution in [0.2, 0.25) is 0 Å². The van der Waals surface area contributed by atoms with Crippen LogP contribution in [0.15, 0.2) is 36.5 Å². The molecule has 0 saturated carbocycles. The third-order valence-corrected chi connectivity index (χ3v) is 3.20. The molecule has 0 unspecified atom stereocenters. The predicted molar refractivity (Wildman–Crippen MR) is 75.8 cm³/mol. The van der Waals surface area contributed by atoms with Crippen LogP contribution in [-0.2, 0) is 6.54 Å². The number of nitrogens with zero attached hydrogens (tertiary/aromatic N) is 3. The van der Waals surface area contributed by atoms with Gasteiger partial charge in [0, 0.05) is 24.4 Å². The summed E-state index contributed by atoms with van der Waals surface area (Å²) in [6.07, 6.45) is 1.94. The van der Waals surface area contributed by atoms with Crippen molar-refractivity contribution < 1.29 is 0 Å². The largest absolute Gasteiger partial charge is 0.325 e. The summed E-state index contributed by atoms with van der Waals surface area (Å²) in [4.78, 5) is 9.14. The Bertz CT molecular complexity index is 743. The Kier molecular flexibility index (Phi) is 2.80. The average molecular weight is 252 g/mol. The van der Waals surface area contributed by atoms with Crippen molar-refractivity contribution in [2.75, 3.05) is 0 Å². The fourth-order valence-electron chi connectivity index (χ4n) is 2.24. The number of nitrogens with two attached hydrogens (primary N) is 1. The van der Waals surface area contributed by atoms with E-state index in [1.54, 1.807) is 0 Å². The molecule has 0 aliphatic carbocycles. The van der Waals surface area contributed by atoms with Gasteiger partial charge in [0.15, 0.2) is 0 Å². The molecular formula is C15H16N4. The number of rotatable bonds is 2. The predicted octanol–water partition coefficient (Wildman–Crippen LogP) is 2.47. The van der Waals surface area contributed by atoms with Crippen molar-refractivity contribution in [3.05, 3.63) is 53.6 Å². The topological polar surface area (TPSA) is 56.2 Å². The molecule has 1 aromatic carbocycles. The van der Waals surface area contributed by atoms with Gasteiger partial charge in [0.1, 0.15) is 11.5 Å². The second kappa shape index (κ2) is 4.48. The van der Waals surface area contributed by atoms with Gasteiger partial charge in [-0.15, -0.1) is 0 Å². The summed E-state index contributed by atoms with van der Waals surface area (Å²) in [5, 5.41) is 0. The Morgan fingerprint density at radius 2 is 2.00 bits per heavy atom. The zero-order valence-corrected chi connectivity index (χ0v) is 11.1. The molecule has 0 spiro atoms. The van der Waals surface area contributed by atoms with Crippen LogP contribution in [0.5, 0.6) is 0 Å². The van der Waals surface area contributed by atoms with E-state index in [9.17, 15) is 0 Å². The summed E-state index contributed by atoms with van der Waals surface area (Å²) in [5.41, 5.74) is 10.7.